The molecule has 1 saturated heterocycles. The number of nitrogens with one attached hydrogen (secondary N) is 1. The highest BCUT2D eigenvalue weighted by atomic mass is 32.1. The summed E-state index contributed by atoms with van der Waals surface area (Å²) in [5.41, 5.74) is 0.636. The van der Waals surface area contributed by atoms with Gasteiger partial charge in [-0.3, -0.25) is 9.59 Å². The monoisotopic (exact) mass is 346 g/mol. The molecule has 2 amide bonds. The molecule has 3 rings (SSSR count). The number of piperidine rings is 1. The molecule has 0 saturated carbocycles. The standard InChI is InChI=1S/C17H18N2O2S2/c20-16(15-6-3-11-23-15)18-12-7-9-19(10-8-12)17(21)13-4-1-2-5-14(13)22/h1-6,11-12,22H,7-10H2,(H,18,20). The summed E-state index contributed by atoms with van der Waals surface area (Å²) in [6.45, 7) is 1.30. The van der Waals surface area contributed by atoms with Crippen LogP contribution in [0.2, 0.25) is 0 Å². The summed E-state index contributed by atoms with van der Waals surface area (Å²) in [5.74, 6) is -0.0101. The van der Waals surface area contributed by atoms with E-state index in [9.17, 15) is 9.59 Å². The molecule has 120 valence electrons. The fraction of sp³-hybridized carbons (Fsp3) is 0.294. The number of likely N-dealkylation sites (tertiary alicyclic amines) is 1. The molecule has 1 fully saturated rings. The fourth-order valence-corrected chi connectivity index (χ4v) is 3.60. The highest BCUT2D eigenvalue weighted by Gasteiger charge is 2.25. The van der Waals surface area contributed by atoms with Crippen molar-refractivity contribution in [3.63, 3.8) is 0 Å². The van der Waals surface area contributed by atoms with Crippen LogP contribution in [0, 0.1) is 0 Å². The van der Waals surface area contributed by atoms with Gasteiger partial charge in [0.2, 0.25) is 0 Å². The largest absolute Gasteiger partial charge is 0.348 e. The minimum atomic E-state index is -0.0227. The maximum atomic E-state index is 12.5. The van der Waals surface area contributed by atoms with Crippen molar-refractivity contribution in [1.82, 2.24) is 10.2 Å². The average Bonchev–Trinajstić information content (AvgIpc) is 3.10. The van der Waals surface area contributed by atoms with Crippen molar-refractivity contribution in [3.05, 3.63) is 52.2 Å². The van der Waals surface area contributed by atoms with Crippen LogP contribution in [0.5, 0.6) is 0 Å². The molecule has 0 aliphatic carbocycles. The summed E-state index contributed by atoms with van der Waals surface area (Å²) in [5, 5.41) is 4.94. The lowest BCUT2D eigenvalue weighted by Crippen LogP contribution is -2.46. The molecule has 0 atom stereocenters. The van der Waals surface area contributed by atoms with E-state index in [0.29, 0.717) is 23.5 Å². The minimum Gasteiger partial charge on any atom is -0.348 e. The van der Waals surface area contributed by atoms with Gasteiger partial charge in [-0.1, -0.05) is 18.2 Å². The second-order valence-corrected chi connectivity index (χ2v) is 6.96. The van der Waals surface area contributed by atoms with Gasteiger partial charge in [0.05, 0.1) is 10.4 Å². The van der Waals surface area contributed by atoms with Crippen LogP contribution < -0.4 is 5.32 Å². The van der Waals surface area contributed by atoms with Crippen LogP contribution in [0.25, 0.3) is 0 Å². The highest BCUT2D eigenvalue weighted by Crippen LogP contribution is 2.19. The molecule has 6 heteroatoms. The van der Waals surface area contributed by atoms with Crippen LogP contribution in [-0.4, -0.2) is 35.8 Å². The summed E-state index contributed by atoms with van der Waals surface area (Å²) in [7, 11) is 0. The van der Waals surface area contributed by atoms with Gasteiger partial charge in [0.15, 0.2) is 0 Å². The third kappa shape index (κ3) is 3.76. The molecule has 0 unspecified atom stereocenters. The fourth-order valence-electron chi connectivity index (χ4n) is 2.72. The average molecular weight is 346 g/mol. The first-order valence-corrected chi connectivity index (χ1v) is 8.89. The summed E-state index contributed by atoms with van der Waals surface area (Å²) in [6, 6.07) is 11.2. The Labute approximate surface area is 144 Å². The summed E-state index contributed by atoms with van der Waals surface area (Å²) >= 11 is 5.79. The van der Waals surface area contributed by atoms with Gasteiger partial charge in [0.1, 0.15) is 0 Å². The van der Waals surface area contributed by atoms with Crippen LogP contribution >= 0.6 is 24.0 Å². The van der Waals surface area contributed by atoms with Gasteiger partial charge in [0, 0.05) is 24.0 Å². The van der Waals surface area contributed by atoms with Crippen LogP contribution in [0.3, 0.4) is 0 Å². The van der Waals surface area contributed by atoms with E-state index in [0.717, 1.165) is 17.7 Å². The number of carbonyl (C=O) groups excluding carboxylic acids is 2. The van der Waals surface area contributed by atoms with Gasteiger partial charge in [0.25, 0.3) is 11.8 Å². The van der Waals surface area contributed by atoms with E-state index in [1.165, 1.54) is 11.3 Å². The lowest BCUT2D eigenvalue weighted by molar-refractivity contribution is 0.0695. The molecule has 0 bridgehead atoms. The topological polar surface area (TPSA) is 49.4 Å². The van der Waals surface area contributed by atoms with Crippen molar-refractivity contribution < 1.29 is 9.59 Å². The van der Waals surface area contributed by atoms with Gasteiger partial charge in [-0.15, -0.1) is 24.0 Å². The van der Waals surface area contributed by atoms with Gasteiger partial charge < -0.3 is 10.2 Å². The summed E-state index contributed by atoms with van der Waals surface area (Å²) in [6.07, 6.45) is 1.55. The molecule has 1 aliphatic heterocycles. The third-order valence-electron chi connectivity index (χ3n) is 4.00. The number of rotatable bonds is 3. The summed E-state index contributed by atoms with van der Waals surface area (Å²) < 4.78 is 0. The maximum Gasteiger partial charge on any atom is 0.261 e. The molecule has 2 heterocycles. The zero-order valence-corrected chi connectivity index (χ0v) is 14.3. The Morgan fingerprint density at radius 2 is 1.87 bits per heavy atom. The molecule has 1 aliphatic rings. The smallest absolute Gasteiger partial charge is 0.261 e. The Hall–Kier alpha value is -1.79. The lowest BCUT2D eigenvalue weighted by Gasteiger charge is -2.32. The van der Waals surface area contributed by atoms with Crippen molar-refractivity contribution in [2.45, 2.75) is 23.8 Å². The van der Waals surface area contributed by atoms with Crippen molar-refractivity contribution >= 4 is 35.8 Å². The molecule has 1 N–H and O–H groups in total. The van der Waals surface area contributed by atoms with Crippen LogP contribution in [0.4, 0.5) is 0 Å². The van der Waals surface area contributed by atoms with Crippen molar-refractivity contribution in [1.29, 1.82) is 0 Å². The Bertz CT molecular complexity index is 692. The van der Waals surface area contributed by atoms with E-state index in [1.54, 1.807) is 6.07 Å². The number of nitrogens with zero attached hydrogens (tertiary/aromatic N) is 1. The Kier molecular flexibility index (Phi) is 5.03. The molecule has 4 nitrogen and oxygen atoms in total. The van der Waals surface area contributed by atoms with Crippen LogP contribution in [0.15, 0.2) is 46.7 Å². The minimum absolute atomic E-state index is 0.0126. The predicted molar refractivity (Wildman–Crippen MR) is 94.4 cm³/mol. The zero-order valence-electron chi connectivity index (χ0n) is 12.6. The second kappa shape index (κ2) is 7.19. The van der Waals surface area contributed by atoms with Gasteiger partial charge in [-0.25, -0.2) is 0 Å². The van der Waals surface area contributed by atoms with Crippen molar-refractivity contribution in [2.75, 3.05) is 13.1 Å². The van der Waals surface area contributed by atoms with E-state index < -0.39 is 0 Å². The van der Waals surface area contributed by atoms with E-state index in [1.807, 2.05) is 40.6 Å². The Balaban J connectivity index is 1.55. The Morgan fingerprint density at radius 1 is 1.13 bits per heavy atom. The van der Waals surface area contributed by atoms with Crippen molar-refractivity contribution in [2.24, 2.45) is 0 Å². The number of hydrogen-bond donors (Lipinski definition) is 2. The molecule has 2 aromatic rings. The second-order valence-electron chi connectivity index (χ2n) is 5.53. The predicted octanol–water partition coefficient (Wildman–Crippen LogP) is 3.07. The lowest BCUT2D eigenvalue weighted by atomic mass is 10.0. The molecular weight excluding hydrogens is 328 g/mol. The van der Waals surface area contributed by atoms with Crippen LogP contribution in [0.1, 0.15) is 32.9 Å². The van der Waals surface area contributed by atoms with Gasteiger partial charge in [-0.2, -0.15) is 0 Å². The molecule has 0 radical (unpaired) electrons. The van der Waals surface area contributed by atoms with Gasteiger partial charge in [-0.05, 0) is 36.4 Å². The number of hydrogen-bond acceptors (Lipinski definition) is 4. The highest BCUT2D eigenvalue weighted by molar-refractivity contribution is 7.80. The number of benzene rings is 1. The van der Waals surface area contributed by atoms with E-state index >= 15 is 0 Å². The van der Waals surface area contributed by atoms with Crippen molar-refractivity contribution in [3.8, 4) is 0 Å². The molecule has 0 spiro atoms. The van der Waals surface area contributed by atoms with E-state index in [4.69, 9.17) is 0 Å². The van der Waals surface area contributed by atoms with E-state index in [-0.39, 0.29) is 17.9 Å². The normalized spacial score (nSPS) is 15.4. The molecular formula is C17H18N2O2S2. The quantitative estimate of drug-likeness (QED) is 0.839. The molecule has 23 heavy (non-hydrogen) atoms. The summed E-state index contributed by atoms with van der Waals surface area (Å²) in [4.78, 5) is 27.9. The van der Waals surface area contributed by atoms with Crippen LogP contribution in [-0.2, 0) is 0 Å². The molecule has 1 aromatic carbocycles. The number of thiophene rings is 1. The Morgan fingerprint density at radius 3 is 2.52 bits per heavy atom. The maximum absolute atomic E-state index is 12.5. The third-order valence-corrected chi connectivity index (χ3v) is 5.26. The number of carbonyl (C=O) groups is 2. The number of thiol groups is 1. The SMILES string of the molecule is O=C(NC1CCN(C(=O)c2ccccc2S)CC1)c1cccs1. The first kappa shape index (κ1) is 16.1. The first-order valence-electron chi connectivity index (χ1n) is 7.57. The van der Waals surface area contributed by atoms with Gasteiger partial charge >= 0.3 is 0 Å². The first-order chi connectivity index (χ1) is 11.1. The van der Waals surface area contributed by atoms with E-state index in [2.05, 4.69) is 17.9 Å². The molecule has 1 aromatic heterocycles. The zero-order chi connectivity index (χ0) is 16.2. The number of amides is 2.